The molecule has 0 fully saturated rings. The molecule has 31 heavy (non-hydrogen) atoms. The van der Waals surface area contributed by atoms with Gasteiger partial charge in [-0.2, -0.15) is 5.10 Å². The SMILES string of the molecule is COc1cc(NC(=O)COC(=O)Cc2c(C)nn(-c3ccccc3)c2C)cc(OC)c1. The van der Waals surface area contributed by atoms with E-state index in [1.165, 1.54) is 14.2 Å². The Morgan fingerprint density at radius 1 is 1.00 bits per heavy atom. The maximum Gasteiger partial charge on any atom is 0.310 e. The van der Waals surface area contributed by atoms with Gasteiger partial charge in [-0.15, -0.1) is 0 Å². The summed E-state index contributed by atoms with van der Waals surface area (Å²) in [7, 11) is 3.04. The molecule has 8 heteroatoms. The van der Waals surface area contributed by atoms with Gasteiger partial charge in [0.1, 0.15) is 11.5 Å². The van der Waals surface area contributed by atoms with Crippen LogP contribution in [0.5, 0.6) is 11.5 Å². The van der Waals surface area contributed by atoms with Crippen molar-refractivity contribution < 1.29 is 23.8 Å². The number of amides is 1. The zero-order valence-electron chi connectivity index (χ0n) is 18.0. The number of carbonyl (C=O) groups excluding carboxylic acids is 2. The predicted molar refractivity (Wildman–Crippen MR) is 116 cm³/mol. The summed E-state index contributed by atoms with van der Waals surface area (Å²) in [6.45, 7) is 3.35. The van der Waals surface area contributed by atoms with E-state index in [2.05, 4.69) is 10.4 Å². The summed E-state index contributed by atoms with van der Waals surface area (Å²) >= 11 is 0. The number of nitrogens with zero attached hydrogens (tertiary/aromatic N) is 2. The number of hydrogen-bond donors (Lipinski definition) is 1. The molecule has 2 aromatic carbocycles. The zero-order valence-corrected chi connectivity index (χ0v) is 18.0. The minimum Gasteiger partial charge on any atom is -0.497 e. The Kier molecular flexibility index (Phi) is 6.92. The summed E-state index contributed by atoms with van der Waals surface area (Å²) in [6.07, 6.45) is 0.0325. The van der Waals surface area contributed by atoms with Crippen LogP contribution in [-0.2, 0) is 20.7 Å². The third-order valence-electron chi connectivity index (χ3n) is 4.76. The standard InChI is InChI=1S/C23H25N3O5/c1-15-21(16(2)26(25-15)18-8-6-5-7-9-18)13-23(28)31-14-22(27)24-17-10-19(29-3)12-20(11-17)30-4/h5-12H,13-14H2,1-4H3,(H,24,27). The number of aromatic nitrogens is 2. The molecule has 0 aliphatic carbocycles. The van der Waals surface area contributed by atoms with Crippen molar-refractivity contribution in [3.8, 4) is 17.2 Å². The highest BCUT2D eigenvalue weighted by Crippen LogP contribution is 2.25. The summed E-state index contributed by atoms with van der Waals surface area (Å²) in [5, 5.41) is 7.19. The minimum atomic E-state index is -0.503. The molecular formula is C23H25N3O5. The number of hydrogen-bond acceptors (Lipinski definition) is 6. The van der Waals surface area contributed by atoms with Crippen molar-refractivity contribution >= 4 is 17.6 Å². The molecule has 8 nitrogen and oxygen atoms in total. The average molecular weight is 423 g/mol. The van der Waals surface area contributed by atoms with Gasteiger partial charge in [-0.3, -0.25) is 9.59 Å². The molecule has 162 valence electrons. The smallest absolute Gasteiger partial charge is 0.310 e. The van der Waals surface area contributed by atoms with Gasteiger partial charge in [0, 0.05) is 35.1 Å². The van der Waals surface area contributed by atoms with Gasteiger partial charge in [0.2, 0.25) is 0 Å². The van der Waals surface area contributed by atoms with Crippen LogP contribution in [0.1, 0.15) is 17.0 Å². The van der Waals surface area contributed by atoms with Gasteiger partial charge in [0.25, 0.3) is 5.91 Å². The van der Waals surface area contributed by atoms with Crippen LogP contribution in [0.15, 0.2) is 48.5 Å². The number of para-hydroxylation sites is 1. The number of ether oxygens (including phenoxy) is 3. The van der Waals surface area contributed by atoms with Crippen molar-refractivity contribution in [1.82, 2.24) is 9.78 Å². The molecule has 1 aromatic heterocycles. The Balaban J connectivity index is 1.60. The molecule has 0 saturated heterocycles. The van der Waals surface area contributed by atoms with E-state index in [0.717, 1.165) is 22.6 Å². The van der Waals surface area contributed by atoms with Gasteiger partial charge in [-0.25, -0.2) is 4.68 Å². The van der Waals surface area contributed by atoms with E-state index >= 15 is 0 Å². The fourth-order valence-electron chi connectivity index (χ4n) is 3.17. The highest BCUT2D eigenvalue weighted by molar-refractivity contribution is 5.93. The van der Waals surface area contributed by atoms with E-state index < -0.39 is 18.5 Å². The molecule has 0 bridgehead atoms. The second-order valence-corrected chi connectivity index (χ2v) is 6.88. The predicted octanol–water partition coefficient (Wildman–Crippen LogP) is 3.23. The lowest BCUT2D eigenvalue weighted by molar-refractivity contribution is -0.146. The molecule has 0 aliphatic heterocycles. The maximum atomic E-state index is 12.3. The molecule has 0 aliphatic rings. The first-order chi connectivity index (χ1) is 14.9. The van der Waals surface area contributed by atoms with Crippen LogP contribution < -0.4 is 14.8 Å². The third kappa shape index (κ3) is 5.42. The van der Waals surface area contributed by atoms with Crippen LogP contribution in [0.2, 0.25) is 0 Å². The number of methoxy groups -OCH3 is 2. The van der Waals surface area contributed by atoms with E-state index in [9.17, 15) is 9.59 Å². The van der Waals surface area contributed by atoms with Crippen molar-refractivity contribution in [2.24, 2.45) is 0 Å². The maximum absolute atomic E-state index is 12.3. The molecule has 0 saturated carbocycles. The number of nitrogens with one attached hydrogen (secondary N) is 1. The van der Waals surface area contributed by atoms with E-state index in [-0.39, 0.29) is 6.42 Å². The van der Waals surface area contributed by atoms with Crippen molar-refractivity contribution in [2.75, 3.05) is 26.1 Å². The summed E-state index contributed by atoms with van der Waals surface area (Å²) in [6, 6.07) is 14.7. The van der Waals surface area contributed by atoms with Crippen LogP contribution in [0.3, 0.4) is 0 Å². The van der Waals surface area contributed by atoms with Gasteiger partial charge >= 0.3 is 5.97 Å². The fourth-order valence-corrected chi connectivity index (χ4v) is 3.17. The first-order valence-corrected chi connectivity index (χ1v) is 9.70. The molecule has 0 radical (unpaired) electrons. The first-order valence-electron chi connectivity index (χ1n) is 9.70. The lowest BCUT2D eigenvalue weighted by atomic mass is 10.1. The molecule has 1 heterocycles. The van der Waals surface area contributed by atoms with Crippen molar-refractivity contribution in [3.05, 3.63) is 65.5 Å². The molecule has 3 aromatic rings. The normalized spacial score (nSPS) is 10.5. The largest absolute Gasteiger partial charge is 0.497 e. The summed E-state index contributed by atoms with van der Waals surface area (Å²) in [4.78, 5) is 24.5. The quantitative estimate of drug-likeness (QED) is 0.560. The molecule has 0 unspecified atom stereocenters. The Hall–Kier alpha value is -3.81. The molecule has 3 rings (SSSR count). The van der Waals surface area contributed by atoms with E-state index in [1.807, 2.05) is 44.2 Å². The van der Waals surface area contributed by atoms with Gasteiger partial charge in [-0.05, 0) is 26.0 Å². The molecular weight excluding hydrogens is 398 g/mol. The molecule has 1 amide bonds. The highest BCUT2D eigenvalue weighted by atomic mass is 16.5. The number of anilines is 1. The van der Waals surface area contributed by atoms with Gasteiger partial charge < -0.3 is 19.5 Å². The van der Waals surface area contributed by atoms with E-state index in [0.29, 0.717) is 17.2 Å². The lowest BCUT2D eigenvalue weighted by Crippen LogP contribution is -2.22. The van der Waals surface area contributed by atoms with Crippen LogP contribution in [0.4, 0.5) is 5.69 Å². The van der Waals surface area contributed by atoms with Crippen LogP contribution >= 0.6 is 0 Å². The Morgan fingerprint density at radius 2 is 1.65 bits per heavy atom. The van der Waals surface area contributed by atoms with Gasteiger partial charge in [0.15, 0.2) is 6.61 Å². The Morgan fingerprint density at radius 3 is 2.26 bits per heavy atom. The summed E-state index contributed by atoms with van der Waals surface area (Å²) in [5.41, 5.74) is 3.77. The number of carbonyl (C=O) groups is 2. The second-order valence-electron chi connectivity index (χ2n) is 6.88. The van der Waals surface area contributed by atoms with Crippen LogP contribution in [0.25, 0.3) is 5.69 Å². The average Bonchev–Trinajstić information content (AvgIpc) is 3.06. The molecule has 1 N–H and O–H groups in total. The van der Waals surface area contributed by atoms with Crippen molar-refractivity contribution in [3.63, 3.8) is 0 Å². The van der Waals surface area contributed by atoms with Crippen LogP contribution in [0, 0.1) is 13.8 Å². The topological polar surface area (TPSA) is 91.7 Å². The number of aryl methyl sites for hydroxylation is 1. The number of benzene rings is 2. The fraction of sp³-hybridized carbons (Fsp3) is 0.261. The first kappa shape index (κ1) is 21.9. The Labute approximate surface area is 180 Å². The molecule has 0 atom stereocenters. The van der Waals surface area contributed by atoms with Crippen molar-refractivity contribution in [1.29, 1.82) is 0 Å². The van der Waals surface area contributed by atoms with Gasteiger partial charge in [-0.1, -0.05) is 18.2 Å². The van der Waals surface area contributed by atoms with Gasteiger partial charge in [0.05, 0.1) is 32.0 Å². The lowest BCUT2D eigenvalue weighted by Gasteiger charge is -2.10. The monoisotopic (exact) mass is 423 g/mol. The van der Waals surface area contributed by atoms with Crippen molar-refractivity contribution in [2.45, 2.75) is 20.3 Å². The number of rotatable bonds is 8. The molecule has 0 spiro atoms. The van der Waals surface area contributed by atoms with Crippen LogP contribution in [-0.4, -0.2) is 42.5 Å². The summed E-state index contributed by atoms with van der Waals surface area (Å²) < 4.78 is 17.3. The highest BCUT2D eigenvalue weighted by Gasteiger charge is 2.17. The van der Waals surface area contributed by atoms with E-state index in [4.69, 9.17) is 14.2 Å². The zero-order chi connectivity index (χ0) is 22.4. The van der Waals surface area contributed by atoms with E-state index in [1.54, 1.807) is 22.9 Å². The minimum absolute atomic E-state index is 0.0325. The third-order valence-corrected chi connectivity index (χ3v) is 4.76. The number of esters is 1. The summed E-state index contributed by atoms with van der Waals surface area (Å²) in [5.74, 6) is 0.107. The Bertz CT molecular complexity index is 1050. The second kappa shape index (κ2) is 9.80.